The van der Waals surface area contributed by atoms with Crippen LogP contribution in [0.1, 0.15) is 42.4 Å². The third kappa shape index (κ3) is 2.79. The predicted octanol–water partition coefficient (Wildman–Crippen LogP) is 5.12. The van der Waals surface area contributed by atoms with E-state index in [1.165, 1.54) is 16.7 Å². The molecular formula is C24H23FN2O. The number of ketones is 1. The standard InChI is InChI=1S/C24H23FN2O/c25-12-4-10-24-11-9-18(28)13-22(24)19-7-8-23-21(20(19)14-24)16-27(26-23)15-17-5-2-1-3-6-17/h1-3,5-8,13,16H,4,9-12,14-15H2/t24-/m1/s1. The van der Waals surface area contributed by atoms with Gasteiger partial charge in [0.05, 0.1) is 18.7 Å². The first-order valence-electron chi connectivity index (χ1n) is 10.0. The molecule has 0 bridgehead atoms. The summed E-state index contributed by atoms with van der Waals surface area (Å²) in [5.74, 6) is 0.193. The molecule has 0 fully saturated rings. The van der Waals surface area contributed by atoms with Gasteiger partial charge in [-0.2, -0.15) is 5.10 Å². The van der Waals surface area contributed by atoms with Crippen molar-refractivity contribution in [1.29, 1.82) is 0 Å². The highest BCUT2D eigenvalue weighted by atomic mass is 19.1. The first-order valence-corrected chi connectivity index (χ1v) is 10.0. The number of benzene rings is 2. The number of hydrogen-bond acceptors (Lipinski definition) is 2. The summed E-state index contributed by atoms with van der Waals surface area (Å²) in [7, 11) is 0. The number of fused-ring (bicyclic) bond motifs is 5. The van der Waals surface area contributed by atoms with Gasteiger partial charge >= 0.3 is 0 Å². The molecule has 0 radical (unpaired) electrons. The van der Waals surface area contributed by atoms with Crippen LogP contribution in [-0.4, -0.2) is 22.2 Å². The van der Waals surface area contributed by atoms with Crippen LogP contribution in [0.4, 0.5) is 4.39 Å². The van der Waals surface area contributed by atoms with Crippen molar-refractivity contribution in [2.24, 2.45) is 5.41 Å². The molecule has 2 aliphatic carbocycles. The van der Waals surface area contributed by atoms with Crippen molar-refractivity contribution in [1.82, 2.24) is 9.78 Å². The second-order valence-electron chi connectivity index (χ2n) is 8.11. The number of nitrogens with zero attached hydrogens (tertiary/aromatic N) is 2. The van der Waals surface area contributed by atoms with Gasteiger partial charge in [-0.3, -0.25) is 13.9 Å². The highest BCUT2D eigenvalue weighted by Gasteiger charge is 2.44. The minimum absolute atomic E-state index is 0.0852. The number of hydrogen-bond donors (Lipinski definition) is 0. The SMILES string of the molecule is O=C1C=C2c3ccc4nn(Cc5ccccc5)cc4c3C[C@@]2(CCCF)CC1. The van der Waals surface area contributed by atoms with Crippen LogP contribution in [0.25, 0.3) is 16.5 Å². The lowest BCUT2D eigenvalue weighted by atomic mass is 9.70. The van der Waals surface area contributed by atoms with E-state index >= 15 is 0 Å². The molecule has 0 aliphatic heterocycles. The Hall–Kier alpha value is -2.75. The molecule has 3 nitrogen and oxygen atoms in total. The number of alkyl halides is 1. The third-order valence-electron chi connectivity index (χ3n) is 6.36. The lowest BCUT2D eigenvalue weighted by Gasteiger charge is -2.33. The van der Waals surface area contributed by atoms with Gasteiger partial charge in [-0.05, 0) is 60.1 Å². The molecule has 1 aromatic heterocycles. The molecule has 4 heteroatoms. The summed E-state index contributed by atoms with van der Waals surface area (Å²) in [4.78, 5) is 12.1. The molecule has 5 rings (SSSR count). The number of carbonyl (C=O) groups is 1. The zero-order valence-corrected chi connectivity index (χ0v) is 15.8. The Labute approximate surface area is 163 Å². The van der Waals surface area contributed by atoms with E-state index in [2.05, 4.69) is 30.5 Å². The Morgan fingerprint density at radius 2 is 2.00 bits per heavy atom. The van der Waals surface area contributed by atoms with Crippen LogP contribution in [0.2, 0.25) is 0 Å². The fourth-order valence-corrected chi connectivity index (χ4v) is 5.02. The van der Waals surface area contributed by atoms with Crippen LogP contribution in [0.15, 0.2) is 54.7 Å². The fraction of sp³-hybridized carbons (Fsp3) is 0.333. The van der Waals surface area contributed by atoms with Crippen LogP contribution in [0.3, 0.4) is 0 Å². The second kappa shape index (κ2) is 6.69. The van der Waals surface area contributed by atoms with Gasteiger partial charge in [0.15, 0.2) is 5.78 Å². The van der Waals surface area contributed by atoms with Crippen LogP contribution in [-0.2, 0) is 17.8 Å². The molecule has 1 atom stereocenters. The highest BCUT2D eigenvalue weighted by molar-refractivity contribution is 6.03. The molecule has 0 saturated heterocycles. The van der Waals surface area contributed by atoms with Crippen LogP contribution >= 0.6 is 0 Å². The van der Waals surface area contributed by atoms with E-state index in [-0.39, 0.29) is 17.9 Å². The molecule has 2 aromatic carbocycles. The zero-order chi connectivity index (χ0) is 19.1. The Morgan fingerprint density at radius 1 is 1.14 bits per heavy atom. The van der Waals surface area contributed by atoms with Gasteiger partial charge in [0.1, 0.15) is 0 Å². The molecule has 0 amide bonds. The number of halogens is 1. The molecule has 0 unspecified atom stereocenters. The van der Waals surface area contributed by atoms with Gasteiger partial charge in [0.2, 0.25) is 0 Å². The van der Waals surface area contributed by atoms with Gasteiger partial charge in [-0.25, -0.2) is 0 Å². The first kappa shape index (κ1) is 17.4. The van der Waals surface area contributed by atoms with E-state index in [0.29, 0.717) is 12.8 Å². The summed E-state index contributed by atoms with van der Waals surface area (Å²) in [6.07, 6.45) is 7.59. The number of allylic oxidation sites excluding steroid dienone is 2. The zero-order valence-electron chi connectivity index (χ0n) is 15.8. The van der Waals surface area contributed by atoms with E-state index in [1.54, 1.807) is 0 Å². The van der Waals surface area contributed by atoms with E-state index in [4.69, 9.17) is 5.10 Å². The van der Waals surface area contributed by atoms with E-state index < -0.39 is 0 Å². The molecule has 3 aromatic rings. The first-order chi connectivity index (χ1) is 13.7. The maximum absolute atomic E-state index is 13.0. The van der Waals surface area contributed by atoms with Gasteiger partial charge < -0.3 is 0 Å². The van der Waals surface area contributed by atoms with Crippen molar-refractivity contribution in [2.45, 2.75) is 38.6 Å². The van der Waals surface area contributed by atoms with Gasteiger partial charge in [-0.1, -0.05) is 36.4 Å². The quantitative estimate of drug-likeness (QED) is 0.621. The highest BCUT2D eigenvalue weighted by Crippen LogP contribution is 2.55. The summed E-state index contributed by atoms with van der Waals surface area (Å²) in [5.41, 5.74) is 5.69. The minimum Gasteiger partial charge on any atom is -0.295 e. The normalized spacial score (nSPS) is 20.9. The second-order valence-corrected chi connectivity index (χ2v) is 8.11. The Bertz CT molecular complexity index is 1080. The molecule has 142 valence electrons. The van der Waals surface area contributed by atoms with Gasteiger partial charge in [0.25, 0.3) is 0 Å². The lowest BCUT2D eigenvalue weighted by molar-refractivity contribution is -0.115. The van der Waals surface area contributed by atoms with Crippen LogP contribution in [0, 0.1) is 5.41 Å². The van der Waals surface area contributed by atoms with Crippen LogP contribution in [0.5, 0.6) is 0 Å². The van der Waals surface area contributed by atoms with E-state index in [0.717, 1.165) is 42.3 Å². The predicted molar refractivity (Wildman–Crippen MR) is 109 cm³/mol. The molecule has 2 aliphatic rings. The third-order valence-corrected chi connectivity index (χ3v) is 6.36. The summed E-state index contributed by atoms with van der Waals surface area (Å²) in [5, 5.41) is 5.94. The molecule has 28 heavy (non-hydrogen) atoms. The Kier molecular flexibility index (Phi) is 4.15. The van der Waals surface area contributed by atoms with Crippen LogP contribution < -0.4 is 0 Å². The Balaban J connectivity index is 1.57. The fourth-order valence-electron chi connectivity index (χ4n) is 5.02. The average Bonchev–Trinajstić information content (AvgIpc) is 3.26. The Morgan fingerprint density at radius 3 is 2.82 bits per heavy atom. The molecule has 0 spiro atoms. The van der Waals surface area contributed by atoms with Crippen molar-refractivity contribution < 1.29 is 9.18 Å². The smallest absolute Gasteiger partial charge is 0.156 e. The monoisotopic (exact) mass is 374 g/mol. The molecule has 0 saturated carbocycles. The molecule has 1 heterocycles. The van der Waals surface area contributed by atoms with Gasteiger partial charge in [-0.15, -0.1) is 0 Å². The number of aromatic nitrogens is 2. The van der Waals surface area contributed by atoms with Crippen molar-refractivity contribution in [2.75, 3.05) is 6.67 Å². The van der Waals surface area contributed by atoms with E-state index in [9.17, 15) is 9.18 Å². The van der Waals surface area contributed by atoms with Gasteiger partial charge in [0, 0.05) is 23.4 Å². The topological polar surface area (TPSA) is 34.9 Å². The maximum Gasteiger partial charge on any atom is 0.156 e. The number of rotatable bonds is 5. The van der Waals surface area contributed by atoms with Crippen molar-refractivity contribution in [3.8, 4) is 0 Å². The van der Waals surface area contributed by atoms with Crippen molar-refractivity contribution >= 4 is 22.3 Å². The largest absolute Gasteiger partial charge is 0.295 e. The lowest BCUT2D eigenvalue weighted by Crippen LogP contribution is -2.26. The number of carbonyl (C=O) groups excluding carboxylic acids is 1. The summed E-state index contributed by atoms with van der Waals surface area (Å²) < 4.78 is 15.0. The van der Waals surface area contributed by atoms with E-state index in [1.807, 2.05) is 29.0 Å². The molecular weight excluding hydrogens is 351 g/mol. The summed E-state index contributed by atoms with van der Waals surface area (Å²) in [6.45, 7) is 0.433. The summed E-state index contributed by atoms with van der Waals surface area (Å²) >= 11 is 0. The maximum atomic E-state index is 13.0. The van der Waals surface area contributed by atoms with Crippen molar-refractivity contribution in [3.05, 3.63) is 71.4 Å². The average molecular weight is 374 g/mol. The van der Waals surface area contributed by atoms with Crippen molar-refractivity contribution in [3.63, 3.8) is 0 Å². The molecule has 0 N–H and O–H groups in total. The minimum atomic E-state index is -0.302. The summed E-state index contributed by atoms with van der Waals surface area (Å²) in [6, 6.07) is 14.5.